The molecule has 0 bridgehead atoms. The van der Waals surface area contributed by atoms with Gasteiger partial charge < -0.3 is 13.8 Å². The Bertz CT molecular complexity index is 559. The van der Waals surface area contributed by atoms with Crippen LogP contribution in [0.4, 0.5) is 0 Å². The normalized spacial score (nSPS) is 24.8. The van der Waals surface area contributed by atoms with Gasteiger partial charge in [-0.1, -0.05) is 19.3 Å². The molecular formula is C17H28NO6P. The van der Waals surface area contributed by atoms with E-state index in [0.29, 0.717) is 5.71 Å². The SMILES string of the molecule is CCOP(=O)(OCC)C1N=C(C(=O)C2CCCCC2)CC1C(=O)OC. The molecule has 1 aliphatic carbocycles. The predicted octanol–water partition coefficient (Wildman–Crippen LogP) is 3.36. The van der Waals surface area contributed by atoms with E-state index in [1.54, 1.807) is 13.8 Å². The van der Waals surface area contributed by atoms with Gasteiger partial charge in [-0.2, -0.15) is 0 Å². The van der Waals surface area contributed by atoms with Crippen LogP contribution in [0.3, 0.4) is 0 Å². The van der Waals surface area contributed by atoms with Gasteiger partial charge in [-0.15, -0.1) is 0 Å². The second-order valence-corrected chi connectivity index (χ2v) is 8.52. The highest BCUT2D eigenvalue weighted by Gasteiger charge is 2.50. The van der Waals surface area contributed by atoms with Gasteiger partial charge in [-0.3, -0.25) is 19.1 Å². The molecule has 7 nitrogen and oxygen atoms in total. The van der Waals surface area contributed by atoms with Gasteiger partial charge in [0.2, 0.25) is 0 Å². The smallest absolute Gasteiger partial charge is 0.355 e. The van der Waals surface area contributed by atoms with E-state index in [4.69, 9.17) is 13.8 Å². The number of rotatable bonds is 8. The van der Waals surface area contributed by atoms with Gasteiger partial charge >= 0.3 is 13.6 Å². The van der Waals surface area contributed by atoms with E-state index in [0.717, 1.165) is 32.1 Å². The molecule has 1 heterocycles. The molecule has 1 aliphatic heterocycles. The van der Waals surface area contributed by atoms with Crippen molar-refractivity contribution in [3.05, 3.63) is 0 Å². The highest BCUT2D eigenvalue weighted by atomic mass is 31.2. The van der Waals surface area contributed by atoms with Gasteiger partial charge in [0.1, 0.15) is 0 Å². The highest BCUT2D eigenvalue weighted by Crippen LogP contribution is 2.58. The summed E-state index contributed by atoms with van der Waals surface area (Å²) < 4.78 is 28.7. The molecule has 2 unspecified atom stereocenters. The van der Waals surface area contributed by atoms with Crippen molar-refractivity contribution in [3.8, 4) is 0 Å². The van der Waals surface area contributed by atoms with Crippen LogP contribution < -0.4 is 0 Å². The molecule has 142 valence electrons. The highest BCUT2D eigenvalue weighted by molar-refractivity contribution is 7.54. The maximum Gasteiger partial charge on any atom is 0.355 e. The van der Waals surface area contributed by atoms with Crippen LogP contribution >= 0.6 is 7.60 Å². The molecule has 1 fully saturated rings. The molecule has 0 spiro atoms. The Balaban J connectivity index is 2.28. The van der Waals surface area contributed by atoms with E-state index < -0.39 is 25.3 Å². The van der Waals surface area contributed by atoms with Crippen molar-refractivity contribution in [2.45, 2.75) is 58.2 Å². The molecule has 0 N–H and O–H groups in total. The zero-order valence-electron chi connectivity index (χ0n) is 15.2. The average molecular weight is 373 g/mol. The number of nitrogens with zero attached hydrogens (tertiary/aromatic N) is 1. The van der Waals surface area contributed by atoms with E-state index in [1.807, 2.05) is 0 Å². The minimum Gasteiger partial charge on any atom is -0.469 e. The predicted molar refractivity (Wildman–Crippen MR) is 93.8 cm³/mol. The number of ketones is 1. The largest absolute Gasteiger partial charge is 0.469 e. The fourth-order valence-corrected chi connectivity index (χ4v) is 5.63. The Morgan fingerprint density at radius 2 is 1.72 bits per heavy atom. The third kappa shape index (κ3) is 4.57. The second-order valence-electron chi connectivity index (χ2n) is 6.40. The van der Waals surface area contributed by atoms with Crippen LogP contribution in [0.2, 0.25) is 0 Å². The summed E-state index contributed by atoms with van der Waals surface area (Å²) in [6.45, 7) is 3.74. The number of carbonyl (C=O) groups is 2. The van der Waals surface area contributed by atoms with Crippen LogP contribution in [0.5, 0.6) is 0 Å². The van der Waals surface area contributed by atoms with Gasteiger partial charge in [0.15, 0.2) is 11.6 Å². The molecule has 2 rings (SSSR count). The Kier molecular flexibility index (Phi) is 7.35. The van der Waals surface area contributed by atoms with Crippen molar-refractivity contribution >= 4 is 25.1 Å². The van der Waals surface area contributed by atoms with Crippen LogP contribution in [0.1, 0.15) is 52.4 Å². The maximum absolute atomic E-state index is 13.1. The molecule has 0 radical (unpaired) electrons. The second kappa shape index (κ2) is 9.06. The van der Waals surface area contributed by atoms with Crippen LogP contribution in [0, 0.1) is 11.8 Å². The van der Waals surface area contributed by atoms with Gasteiger partial charge in [-0.25, -0.2) is 0 Å². The molecular weight excluding hydrogens is 345 g/mol. The Labute approximate surface area is 149 Å². The lowest BCUT2D eigenvalue weighted by molar-refractivity contribution is -0.145. The summed E-state index contributed by atoms with van der Waals surface area (Å²) in [5, 5.41) is 0. The van der Waals surface area contributed by atoms with Crippen molar-refractivity contribution in [2.24, 2.45) is 16.8 Å². The number of Topliss-reactive ketones (excluding diaryl/α,β-unsaturated/α-hetero) is 1. The fourth-order valence-electron chi connectivity index (χ4n) is 3.58. The lowest BCUT2D eigenvalue weighted by Gasteiger charge is -2.24. The van der Waals surface area contributed by atoms with E-state index in [9.17, 15) is 14.2 Å². The molecule has 25 heavy (non-hydrogen) atoms. The first-order valence-corrected chi connectivity index (χ1v) is 10.7. The summed E-state index contributed by atoms with van der Waals surface area (Å²) in [6.07, 6.45) is 5.04. The number of hydrogen-bond donors (Lipinski definition) is 0. The Morgan fingerprint density at radius 1 is 1.12 bits per heavy atom. The number of carbonyl (C=O) groups excluding carboxylic acids is 2. The molecule has 0 aromatic heterocycles. The summed E-state index contributed by atoms with van der Waals surface area (Å²) in [5.74, 6) is -2.45. The molecule has 0 aromatic rings. The molecule has 8 heteroatoms. The third-order valence-electron chi connectivity index (χ3n) is 4.77. The van der Waals surface area contributed by atoms with E-state index in [2.05, 4.69) is 4.99 Å². The quantitative estimate of drug-likeness (QED) is 0.479. The lowest BCUT2D eigenvalue weighted by atomic mass is 9.84. The number of esters is 1. The summed E-state index contributed by atoms with van der Waals surface area (Å²) in [7, 11) is -2.38. The Morgan fingerprint density at radius 3 is 2.24 bits per heavy atom. The molecule has 2 aliphatic rings. The van der Waals surface area contributed by atoms with Crippen molar-refractivity contribution < 1.29 is 27.9 Å². The van der Waals surface area contributed by atoms with E-state index >= 15 is 0 Å². The van der Waals surface area contributed by atoms with Crippen LogP contribution in [-0.4, -0.2) is 43.6 Å². The Hall–Kier alpha value is -1.04. The van der Waals surface area contributed by atoms with Gasteiger partial charge in [-0.05, 0) is 26.7 Å². The zero-order valence-corrected chi connectivity index (χ0v) is 16.1. The standard InChI is InChI=1S/C17H28NO6P/c1-4-23-25(21,24-5-2)16-13(17(20)22-3)11-14(18-16)15(19)12-9-7-6-8-10-12/h12-13,16H,4-11H2,1-3H3. The van der Waals surface area contributed by atoms with Crippen molar-refractivity contribution in [2.75, 3.05) is 20.3 Å². The first-order chi connectivity index (χ1) is 12.0. The van der Waals surface area contributed by atoms with E-state index in [1.165, 1.54) is 7.11 Å². The minimum atomic E-state index is -3.65. The zero-order chi connectivity index (χ0) is 18.4. The first kappa shape index (κ1) is 20.3. The third-order valence-corrected chi connectivity index (χ3v) is 7.13. The summed E-state index contributed by atoms with van der Waals surface area (Å²) in [4.78, 5) is 29.4. The lowest BCUT2D eigenvalue weighted by Crippen LogP contribution is -2.28. The first-order valence-electron chi connectivity index (χ1n) is 9.04. The van der Waals surface area contributed by atoms with Crippen LogP contribution in [0.25, 0.3) is 0 Å². The molecule has 0 amide bonds. The van der Waals surface area contributed by atoms with Crippen molar-refractivity contribution in [1.29, 1.82) is 0 Å². The minimum absolute atomic E-state index is 0.0318. The van der Waals surface area contributed by atoms with Crippen LogP contribution in [0.15, 0.2) is 4.99 Å². The fraction of sp³-hybridized carbons (Fsp3) is 0.824. The van der Waals surface area contributed by atoms with Crippen molar-refractivity contribution in [3.63, 3.8) is 0 Å². The number of aliphatic imine (C=N–C) groups is 1. The summed E-state index contributed by atoms with van der Waals surface area (Å²) >= 11 is 0. The molecule has 0 aromatic carbocycles. The topological polar surface area (TPSA) is 91.3 Å². The van der Waals surface area contributed by atoms with E-state index in [-0.39, 0.29) is 31.3 Å². The number of methoxy groups -OCH3 is 1. The summed E-state index contributed by atoms with van der Waals surface area (Å²) in [5.41, 5.74) is 0.326. The maximum atomic E-state index is 13.1. The van der Waals surface area contributed by atoms with Gasteiger partial charge in [0.25, 0.3) is 0 Å². The number of ether oxygens (including phenoxy) is 1. The summed E-state index contributed by atoms with van der Waals surface area (Å²) in [6, 6.07) is 0. The van der Waals surface area contributed by atoms with Gasteiger partial charge in [0, 0.05) is 12.3 Å². The van der Waals surface area contributed by atoms with Crippen molar-refractivity contribution in [1.82, 2.24) is 0 Å². The number of hydrogen-bond acceptors (Lipinski definition) is 7. The molecule has 0 saturated heterocycles. The van der Waals surface area contributed by atoms with Crippen LogP contribution in [-0.2, 0) is 27.9 Å². The van der Waals surface area contributed by atoms with Gasteiger partial charge in [0.05, 0.1) is 32.0 Å². The molecule has 1 saturated carbocycles. The monoisotopic (exact) mass is 373 g/mol. The average Bonchev–Trinajstić information content (AvgIpc) is 3.08. The molecule has 2 atom stereocenters.